The minimum absolute atomic E-state index is 0.165. The number of nitrogens with zero attached hydrogens (tertiary/aromatic N) is 2. The molecule has 11 heteroatoms. The molecule has 1 aromatic heterocycles. The molecule has 0 spiro atoms. The summed E-state index contributed by atoms with van der Waals surface area (Å²) in [7, 11) is 0. The number of benzene rings is 1. The molecule has 2 atom stereocenters. The minimum Gasteiger partial charge on any atom is -0.394 e. The number of amides is 2. The van der Waals surface area contributed by atoms with E-state index in [1.807, 2.05) is 0 Å². The average Bonchev–Trinajstić information content (AvgIpc) is 3.12. The first-order valence-electron chi connectivity index (χ1n) is 7.60. The van der Waals surface area contributed by atoms with Crippen molar-refractivity contribution in [2.45, 2.75) is 18.5 Å². The number of nitrogens with one attached hydrogen (secondary N) is 3. The van der Waals surface area contributed by atoms with E-state index in [1.165, 1.54) is 30.7 Å². The Labute approximate surface area is 147 Å². The Morgan fingerprint density at radius 1 is 1.38 bits per heavy atom. The molecule has 0 aliphatic rings. The number of H-pyrrole nitrogens is 1. The van der Waals surface area contributed by atoms with Gasteiger partial charge in [0.15, 0.2) is 0 Å². The highest BCUT2D eigenvalue weighted by Gasteiger charge is 2.24. The van der Waals surface area contributed by atoms with Gasteiger partial charge in [-0.1, -0.05) is 6.07 Å². The van der Waals surface area contributed by atoms with Crippen molar-refractivity contribution < 1.29 is 19.6 Å². The summed E-state index contributed by atoms with van der Waals surface area (Å²) in [5, 5.41) is 24.9. The number of nitrogens with two attached hydrogens (primary N) is 1. The highest BCUT2D eigenvalue weighted by Crippen LogP contribution is 2.17. The lowest BCUT2D eigenvalue weighted by molar-refractivity contribution is -0.384. The van der Waals surface area contributed by atoms with E-state index >= 15 is 0 Å². The summed E-state index contributed by atoms with van der Waals surface area (Å²) in [6.45, 7) is -0.663. The summed E-state index contributed by atoms with van der Waals surface area (Å²) in [5.74, 6) is -1.36. The van der Waals surface area contributed by atoms with Gasteiger partial charge in [0.25, 0.3) is 5.69 Å². The third kappa shape index (κ3) is 5.09. The largest absolute Gasteiger partial charge is 0.394 e. The van der Waals surface area contributed by atoms with Crippen LogP contribution < -0.4 is 16.4 Å². The number of aromatic amines is 1. The number of rotatable bonds is 8. The van der Waals surface area contributed by atoms with Gasteiger partial charge >= 0.3 is 0 Å². The Hall–Kier alpha value is -3.31. The molecule has 0 radical (unpaired) electrons. The third-order valence-corrected chi connectivity index (χ3v) is 3.47. The average molecular weight is 362 g/mol. The number of non-ortho nitro benzene ring substituents is 1. The zero-order valence-electron chi connectivity index (χ0n) is 13.6. The van der Waals surface area contributed by atoms with Gasteiger partial charge in [-0.15, -0.1) is 0 Å². The van der Waals surface area contributed by atoms with Crippen molar-refractivity contribution in [3.05, 3.63) is 52.6 Å². The van der Waals surface area contributed by atoms with E-state index in [9.17, 15) is 24.8 Å². The number of aromatic nitrogens is 2. The van der Waals surface area contributed by atoms with Crippen LogP contribution in [0.4, 0.5) is 11.4 Å². The number of carbonyl (C=O) groups is 2. The van der Waals surface area contributed by atoms with Crippen LogP contribution in [0.3, 0.4) is 0 Å². The molecular weight excluding hydrogens is 344 g/mol. The van der Waals surface area contributed by atoms with Crippen molar-refractivity contribution in [2.24, 2.45) is 5.73 Å². The lowest BCUT2D eigenvalue weighted by Gasteiger charge is -2.18. The fourth-order valence-electron chi connectivity index (χ4n) is 2.13. The number of hydrogen-bond acceptors (Lipinski definition) is 7. The molecule has 0 aliphatic carbocycles. The molecule has 2 aromatic rings. The second-order valence-corrected chi connectivity index (χ2v) is 5.43. The number of anilines is 1. The standard InChI is InChI=1S/C15H18N6O5/c16-12(5-10-6-17-8-18-10)14(23)20-13(7-22)15(24)19-9-2-1-3-11(4-9)21(25)26/h1-4,6,8,12-13,22H,5,7,16H2,(H,17,18)(H,19,24)(H,20,23)/t12-,13-/m0/s1. The van der Waals surface area contributed by atoms with E-state index < -0.39 is 35.4 Å². The molecule has 0 unspecified atom stereocenters. The van der Waals surface area contributed by atoms with Crippen LogP contribution in [-0.4, -0.2) is 50.5 Å². The maximum atomic E-state index is 12.2. The van der Waals surface area contributed by atoms with Gasteiger partial charge in [0.2, 0.25) is 11.8 Å². The predicted octanol–water partition coefficient (Wildman–Crippen LogP) is -0.696. The van der Waals surface area contributed by atoms with Crippen molar-refractivity contribution in [3.63, 3.8) is 0 Å². The maximum absolute atomic E-state index is 12.2. The Balaban J connectivity index is 1.96. The van der Waals surface area contributed by atoms with Crippen molar-refractivity contribution in [2.75, 3.05) is 11.9 Å². The van der Waals surface area contributed by atoms with E-state index in [0.717, 1.165) is 6.07 Å². The van der Waals surface area contributed by atoms with Crippen molar-refractivity contribution in [3.8, 4) is 0 Å². The first kappa shape index (κ1) is 19.0. The molecule has 0 saturated heterocycles. The van der Waals surface area contributed by atoms with Crippen LogP contribution in [0.1, 0.15) is 5.69 Å². The molecule has 2 amide bonds. The van der Waals surface area contributed by atoms with Crippen molar-refractivity contribution >= 4 is 23.2 Å². The van der Waals surface area contributed by atoms with Gasteiger partial charge in [-0.2, -0.15) is 0 Å². The third-order valence-electron chi connectivity index (χ3n) is 3.47. The van der Waals surface area contributed by atoms with E-state index in [0.29, 0.717) is 5.69 Å². The molecule has 11 nitrogen and oxygen atoms in total. The maximum Gasteiger partial charge on any atom is 0.271 e. The molecular formula is C15H18N6O5. The SMILES string of the molecule is N[C@@H](Cc1cnc[nH]1)C(=O)N[C@@H](CO)C(=O)Nc1cccc([N+](=O)[O-])c1. The normalized spacial score (nSPS) is 12.8. The Morgan fingerprint density at radius 3 is 2.77 bits per heavy atom. The van der Waals surface area contributed by atoms with Gasteiger partial charge in [-0.25, -0.2) is 4.98 Å². The molecule has 2 rings (SSSR count). The Kier molecular flexibility index (Phi) is 6.36. The van der Waals surface area contributed by atoms with Crippen LogP contribution in [0, 0.1) is 10.1 Å². The fourth-order valence-corrected chi connectivity index (χ4v) is 2.13. The van der Waals surface area contributed by atoms with Gasteiger partial charge < -0.3 is 26.5 Å². The smallest absolute Gasteiger partial charge is 0.271 e. The molecule has 0 aliphatic heterocycles. The topological polar surface area (TPSA) is 176 Å². The van der Waals surface area contributed by atoms with Crippen LogP contribution >= 0.6 is 0 Å². The van der Waals surface area contributed by atoms with Crippen LogP contribution in [0.5, 0.6) is 0 Å². The van der Waals surface area contributed by atoms with Crippen molar-refractivity contribution in [1.29, 1.82) is 0 Å². The van der Waals surface area contributed by atoms with E-state index in [1.54, 1.807) is 0 Å². The zero-order valence-corrected chi connectivity index (χ0v) is 13.6. The molecule has 1 aromatic carbocycles. The van der Waals surface area contributed by atoms with Crippen LogP contribution in [-0.2, 0) is 16.0 Å². The molecule has 26 heavy (non-hydrogen) atoms. The van der Waals surface area contributed by atoms with Gasteiger partial charge in [-0.05, 0) is 6.07 Å². The van der Waals surface area contributed by atoms with Crippen LogP contribution in [0.2, 0.25) is 0 Å². The second kappa shape index (κ2) is 8.69. The van der Waals surface area contributed by atoms with E-state index in [2.05, 4.69) is 20.6 Å². The lowest BCUT2D eigenvalue weighted by Crippen LogP contribution is -2.52. The predicted molar refractivity (Wildman–Crippen MR) is 91.0 cm³/mol. The number of aliphatic hydroxyl groups is 1. The summed E-state index contributed by atoms with van der Waals surface area (Å²) >= 11 is 0. The first-order chi connectivity index (χ1) is 12.4. The Bertz CT molecular complexity index is 779. The summed E-state index contributed by atoms with van der Waals surface area (Å²) < 4.78 is 0. The highest BCUT2D eigenvalue weighted by molar-refractivity contribution is 5.98. The first-order valence-corrected chi connectivity index (χ1v) is 7.60. The molecule has 1 heterocycles. The molecule has 0 bridgehead atoms. The summed E-state index contributed by atoms with van der Waals surface area (Å²) in [4.78, 5) is 41.0. The van der Waals surface area contributed by atoms with Crippen LogP contribution in [0.25, 0.3) is 0 Å². The number of hydrogen-bond donors (Lipinski definition) is 5. The minimum atomic E-state index is -1.26. The number of nitro groups is 1. The van der Waals surface area contributed by atoms with Gasteiger partial charge in [-0.3, -0.25) is 19.7 Å². The number of aliphatic hydroxyl groups excluding tert-OH is 1. The zero-order chi connectivity index (χ0) is 19.1. The highest BCUT2D eigenvalue weighted by atomic mass is 16.6. The number of imidazole rings is 1. The summed E-state index contributed by atoms with van der Waals surface area (Å²) in [5.41, 5.74) is 6.38. The summed E-state index contributed by atoms with van der Waals surface area (Å²) in [6.07, 6.45) is 3.14. The van der Waals surface area contributed by atoms with Crippen LogP contribution in [0.15, 0.2) is 36.8 Å². The van der Waals surface area contributed by atoms with E-state index in [4.69, 9.17) is 5.73 Å². The van der Waals surface area contributed by atoms with Crippen molar-refractivity contribution in [1.82, 2.24) is 15.3 Å². The number of carbonyl (C=O) groups excluding carboxylic acids is 2. The fraction of sp³-hybridized carbons (Fsp3) is 0.267. The van der Waals surface area contributed by atoms with Gasteiger partial charge in [0, 0.05) is 36.1 Å². The molecule has 138 valence electrons. The quantitative estimate of drug-likeness (QED) is 0.304. The monoisotopic (exact) mass is 362 g/mol. The lowest BCUT2D eigenvalue weighted by atomic mass is 10.1. The molecule has 0 fully saturated rings. The van der Waals surface area contributed by atoms with Gasteiger partial charge in [0.1, 0.15) is 6.04 Å². The molecule has 0 saturated carbocycles. The summed E-state index contributed by atoms with van der Waals surface area (Å²) in [6, 6.07) is 3.09. The Morgan fingerprint density at radius 2 is 2.15 bits per heavy atom. The number of nitro benzene ring substituents is 1. The van der Waals surface area contributed by atoms with E-state index in [-0.39, 0.29) is 17.8 Å². The molecule has 6 N–H and O–H groups in total. The van der Waals surface area contributed by atoms with Gasteiger partial charge in [0.05, 0.1) is 23.9 Å². The second-order valence-electron chi connectivity index (χ2n) is 5.43.